The van der Waals surface area contributed by atoms with Gasteiger partial charge in [-0.25, -0.2) is 4.39 Å². The van der Waals surface area contributed by atoms with Crippen LogP contribution in [-0.4, -0.2) is 18.3 Å². The zero-order chi connectivity index (χ0) is 12.1. The fraction of sp³-hybridized carbons (Fsp3) is 0.0769. The highest BCUT2D eigenvalue weighted by Crippen LogP contribution is 2.19. The second kappa shape index (κ2) is 5.21. The molecule has 2 aromatic rings. The molecule has 0 spiro atoms. The lowest BCUT2D eigenvalue weighted by atomic mass is 10.3. The van der Waals surface area contributed by atoms with Crippen LogP contribution in [0.4, 0.5) is 10.1 Å². The maximum atomic E-state index is 12.9. The summed E-state index contributed by atoms with van der Waals surface area (Å²) in [5.41, 5.74) is 1.36. The van der Waals surface area contributed by atoms with Gasteiger partial charge in [-0.2, -0.15) is 0 Å². The quantitative estimate of drug-likeness (QED) is 0.760. The Morgan fingerprint density at radius 3 is 2.94 bits per heavy atom. The highest BCUT2D eigenvalue weighted by molar-refractivity contribution is 5.81. The van der Waals surface area contributed by atoms with Crippen molar-refractivity contribution in [3.63, 3.8) is 0 Å². The molecule has 0 amide bonds. The summed E-state index contributed by atoms with van der Waals surface area (Å²) in [5, 5.41) is 0. The highest BCUT2D eigenvalue weighted by Gasteiger charge is 1.94. The summed E-state index contributed by atoms with van der Waals surface area (Å²) in [6.45, 7) is 0. The number of hydrogen-bond donors (Lipinski definition) is 0. The number of pyridine rings is 1. The van der Waals surface area contributed by atoms with Crippen molar-refractivity contribution in [1.29, 1.82) is 0 Å². The Morgan fingerprint density at radius 2 is 2.18 bits per heavy atom. The van der Waals surface area contributed by atoms with Crippen molar-refractivity contribution in [2.75, 3.05) is 7.11 Å². The zero-order valence-corrected chi connectivity index (χ0v) is 9.30. The lowest BCUT2D eigenvalue weighted by molar-refractivity contribution is 0.415. The molecule has 86 valence electrons. The van der Waals surface area contributed by atoms with Gasteiger partial charge in [0.1, 0.15) is 11.6 Å². The molecule has 0 aliphatic rings. The maximum absolute atomic E-state index is 12.9. The van der Waals surface area contributed by atoms with Gasteiger partial charge in [0, 0.05) is 24.0 Å². The summed E-state index contributed by atoms with van der Waals surface area (Å²) < 4.78 is 17.9. The molecule has 0 saturated heterocycles. The van der Waals surface area contributed by atoms with E-state index in [1.165, 1.54) is 6.07 Å². The normalized spacial score (nSPS) is 10.7. The van der Waals surface area contributed by atoms with Gasteiger partial charge in [-0.3, -0.25) is 9.98 Å². The van der Waals surface area contributed by atoms with Crippen LogP contribution in [-0.2, 0) is 0 Å². The molecule has 3 nitrogen and oxygen atoms in total. The Balaban J connectivity index is 2.19. The number of ether oxygens (including phenoxy) is 1. The molecule has 17 heavy (non-hydrogen) atoms. The van der Waals surface area contributed by atoms with Gasteiger partial charge in [0.05, 0.1) is 19.0 Å². The van der Waals surface area contributed by atoms with Crippen LogP contribution in [0.15, 0.2) is 47.7 Å². The maximum Gasteiger partial charge on any atom is 0.142 e. The van der Waals surface area contributed by atoms with Gasteiger partial charge in [0.15, 0.2) is 0 Å². The lowest BCUT2D eigenvalue weighted by Gasteiger charge is -1.99. The average molecular weight is 230 g/mol. The summed E-state index contributed by atoms with van der Waals surface area (Å²) in [5.74, 6) is 0.358. The minimum absolute atomic E-state index is 0.375. The number of nitrogens with zero attached hydrogens (tertiary/aromatic N) is 2. The molecular weight excluding hydrogens is 219 g/mol. The molecule has 0 radical (unpaired) electrons. The van der Waals surface area contributed by atoms with Crippen molar-refractivity contribution in [2.45, 2.75) is 0 Å². The number of hydrogen-bond acceptors (Lipinski definition) is 3. The third kappa shape index (κ3) is 3.11. The number of aromatic nitrogens is 1. The van der Waals surface area contributed by atoms with E-state index in [2.05, 4.69) is 9.98 Å². The number of rotatable bonds is 3. The van der Waals surface area contributed by atoms with Crippen LogP contribution >= 0.6 is 0 Å². The van der Waals surface area contributed by atoms with Gasteiger partial charge in [-0.15, -0.1) is 0 Å². The van der Waals surface area contributed by atoms with E-state index < -0.39 is 0 Å². The van der Waals surface area contributed by atoms with Crippen LogP contribution in [0.1, 0.15) is 5.56 Å². The van der Waals surface area contributed by atoms with Gasteiger partial charge in [-0.05, 0) is 18.2 Å². The van der Waals surface area contributed by atoms with Gasteiger partial charge in [0.2, 0.25) is 0 Å². The molecule has 0 fully saturated rings. The van der Waals surface area contributed by atoms with E-state index in [0.29, 0.717) is 5.56 Å². The fourth-order valence-corrected chi connectivity index (χ4v) is 1.34. The van der Waals surface area contributed by atoms with E-state index in [-0.39, 0.29) is 5.82 Å². The molecule has 0 aliphatic carbocycles. The average Bonchev–Trinajstić information content (AvgIpc) is 2.37. The van der Waals surface area contributed by atoms with E-state index in [1.807, 2.05) is 18.2 Å². The Bertz CT molecular complexity index is 540. The third-order valence-corrected chi connectivity index (χ3v) is 2.14. The predicted octanol–water partition coefficient (Wildman–Crippen LogP) is 2.98. The fourth-order valence-electron chi connectivity index (χ4n) is 1.34. The molecule has 0 saturated carbocycles. The van der Waals surface area contributed by atoms with Gasteiger partial charge in [-0.1, -0.05) is 6.07 Å². The van der Waals surface area contributed by atoms with Crippen LogP contribution < -0.4 is 4.74 Å². The summed E-state index contributed by atoms with van der Waals surface area (Å²) >= 11 is 0. The summed E-state index contributed by atoms with van der Waals surface area (Å²) in [7, 11) is 1.60. The summed E-state index contributed by atoms with van der Waals surface area (Å²) in [4.78, 5) is 7.95. The van der Waals surface area contributed by atoms with Crippen LogP contribution in [0, 0.1) is 5.82 Å². The second-order valence-corrected chi connectivity index (χ2v) is 3.40. The van der Waals surface area contributed by atoms with Crippen LogP contribution in [0.5, 0.6) is 5.75 Å². The number of aliphatic imine (C=N–C) groups is 1. The molecule has 0 N–H and O–H groups in total. The molecule has 0 atom stereocenters. The number of methoxy groups -OCH3 is 1. The second-order valence-electron chi connectivity index (χ2n) is 3.40. The minimum Gasteiger partial charge on any atom is -0.497 e. The largest absolute Gasteiger partial charge is 0.497 e. The smallest absolute Gasteiger partial charge is 0.142 e. The van der Waals surface area contributed by atoms with Gasteiger partial charge < -0.3 is 4.74 Å². The predicted molar refractivity (Wildman–Crippen MR) is 64.4 cm³/mol. The number of halogens is 1. The van der Waals surface area contributed by atoms with E-state index in [1.54, 1.807) is 25.6 Å². The van der Waals surface area contributed by atoms with Crippen molar-refractivity contribution in [1.82, 2.24) is 4.98 Å². The molecule has 0 bridgehead atoms. The first-order chi connectivity index (χ1) is 8.28. The van der Waals surface area contributed by atoms with E-state index >= 15 is 0 Å². The van der Waals surface area contributed by atoms with Crippen LogP contribution in [0.3, 0.4) is 0 Å². The highest BCUT2D eigenvalue weighted by atomic mass is 19.1. The first-order valence-corrected chi connectivity index (χ1v) is 5.06. The zero-order valence-electron chi connectivity index (χ0n) is 9.30. The van der Waals surface area contributed by atoms with Crippen LogP contribution in [0.25, 0.3) is 0 Å². The van der Waals surface area contributed by atoms with Crippen molar-refractivity contribution >= 4 is 11.9 Å². The standard InChI is InChI=1S/C13H11FN2O/c1-17-13-4-2-3-12(6-13)16-8-10-5-11(14)9-15-7-10/h2-9H,1H3/b16-8+. The summed E-state index contributed by atoms with van der Waals surface area (Å²) in [6, 6.07) is 8.68. The first kappa shape index (κ1) is 11.3. The van der Waals surface area contributed by atoms with Gasteiger partial charge >= 0.3 is 0 Å². The molecule has 2 rings (SSSR count). The molecule has 0 aliphatic heterocycles. The van der Waals surface area contributed by atoms with Crippen LogP contribution in [0.2, 0.25) is 0 Å². The van der Waals surface area contributed by atoms with Crippen molar-refractivity contribution in [3.05, 3.63) is 54.1 Å². The Hall–Kier alpha value is -2.23. The third-order valence-electron chi connectivity index (χ3n) is 2.14. The Morgan fingerprint density at radius 1 is 1.29 bits per heavy atom. The molecule has 4 heteroatoms. The van der Waals surface area contributed by atoms with Gasteiger partial charge in [0.25, 0.3) is 0 Å². The Kier molecular flexibility index (Phi) is 3.45. The minimum atomic E-state index is -0.375. The Labute approximate surface area is 98.6 Å². The first-order valence-electron chi connectivity index (χ1n) is 5.06. The summed E-state index contributed by atoms with van der Waals surface area (Å²) in [6.07, 6.45) is 4.26. The lowest BCUT2D eigenvalue weighted by Crippen LogP contribution is -1.85. The molecule has 1 aromatic carbocycles. The molecule has 1 heterocycles. The monoisotopic (exact) mass is 230 g/mol. The molecule has 1 aromatic heterocycles. The van der Waals surface area contributed by atoms with E-state index in [9.17, 15) is 4.39 Å². The van der Waals surface area contributed by atoms with E-state index in [0.717, 1.165) is 17.6 Å². The van der Waals surface area contributed by atoms with Crippen molar-refractivity contribution in [3.8, 4) is 5.75 Å². The van der Waals surface area contributed by atoms with E-state index in [4.69, 9.17) is 4.74 Å². The topological polar surface area (TPSA) is 34.5 Å². The van der Waals surface area contributed by atoms with Crippen molar-refractivity contribution in [2.24, 2.45) is 4.99 Å². The molecular formula is C13H11FN2O. The number of benzene rings is 1. The van der Waals surface area contributed by atoms with Crippen molar-refractivity contribution < 1.29 is 9.13 Å². The molecule has 0 unspecified atom stereocenters. The SMILES string of the molecule is COc1cccc(/N=C/c2cncc(F)c2)c1.